The van der Waals surface area contributed by atoms with Gasteiger partial charge in [0.15, 0.2) is 0 Å². The van der Waals surface area contributed by atoms with E-state index in [4.69, 9.17) is 0 Å². The van der Waals surface area contributed by atoms with Gasteiger partial charge in [0.25, 0.3) is 11.8 Å². The lowest BCUT2D eigenvalue weighted by atomic mass is 9.97. The summed E-state index contributed by atoms with van der Waals surface area (Å²) >= 11 is 3.18. The largest absolute Gasteiger partial charge is 0.315 e. The Balaban J connectivity index is 2.33. The molecule has 1 N–H and O–H groups in total. The van der Waals surface area contributed by atoms with Gasteiger partial charge in [-0.3, -0.25) is 19.7 Å². The summed E-state index contributed by atoms with van der Waals surface area (Å²) in [6.45, 7) is 3.05. The molecule has 1 aromatic rings. The van der Waals surface area contributed by atoms with Crippen LogP contribution in [0.25, 0.3) is 0 Å². The van der Waals surface area contributed by atoms with Crippen LogP contribution in [-0.4, -0.2) is 39.7 Å². The summed E-state index contributed by atoms with van der Waals surface area (Å²) in [6, 6.07) is 3.22. The topological polar surface area (TPSA) is 79.4 Å². The van der Waals surface area contributed by atoms with Gasteiger partial charge in [-0.25, -0.2) is 4.98 Å². The van der Waals surface area contributed by atoms with E-state index in [1.165, 1.54) is 11.1 Å². The molecular formula is C12H12BrN3O3. The van der Waals surface area contributed by atoms with E-state index in [0.29, 0.717) is 10.2 Å². The molecule has 2 heterocycles. The first kappa shape index (κ1) is 13.7. The molecule has 1 saturated heterocycles. The van der Waals surface area contributed by atoms with E-state index in [2.05, 4.69) is 26.2 Å². The van der Waals surface area contributed by atoms with Gasteiger partial charge in [-0.05, 0) is 41.9 Å². The lowest BCUT2D eigenvalue weighted by Gasteiger charge is -2.40. The van der Waals surface area contributed by atoms with Gasteiger partial charge < -0.3 is 4.90 Å². The standard InChI is InChI=1S/C12H12BrN3O3/c1-12(2)11(19)15-9(17)6-16(12)10(18)7-3-4-8(13)14-5-7/h3-5H,6H2,1-2H3,(H,15,17,19). The van der Waals surface area contributed by atoms with E-state index < -0.39 is 23.3 Å². The molecule has 6 nitrogen and oxygen atoms in total. The second-order valence-electron chi connectivity index (χ2n) is 4.70. The molecule has 1 aromatic heterocycles. The van der Waals surface area contributed by atoms with Crippen molar-refractivity contribution in [2.45, 2.75) is 19.4 Å². The SMILES string of the molecule is CC1(C)C(=O)NC(=O)CN1C(=O)c1ccc(Br)nc1. The van der Waals surface area contributed by atoms with Crippen molar-refractivity contribution >= 4 is 33.7 Å². The fraction of sp³-hybridized carbons (Fsp3) is 0.333. The number of carbonyl (C=O) groups is 3. The molecule has 0 spiro atoms. The van der Waals surface area contributed by atoms with E-state index in [1.807, 2.05) is 0 Å². The lowest BCUT2D eigenvalue weighted by molar-refractivity contribution is -0.143. The van der Waals surface area contributed by atoms with Crippen LogP contribution in [0.1, 0.15) is 24.2 Å². The highest BCUT2D eigenvalue weighted by Crippen LogP contribution is 2.21. The molecule has 1 aliphatic rings. The number of nitrogens with one attached hydrogen (secondary N) is 1. The monoisotopic (exact) mass is 325 g/mol. The third-order valence-corrected chi connectivity index (χ3v) is 3.47. The summed E-state index contributed by atoms with van der Waals surface area (Å²) in [6.07, 6.45) is 1.40. The molecule has 0 atom stereocenters. The Morgan fingerprint density at radius 1 is 1.42 bits per heavy atom. The van der Waals surface area contributed by atoms with Crippen LogP contribution in [0, 0.1) is 0 Å². The molecule has 1 aliphatic heterocycles. The Labute approximate surface area is 118 Å². The highest BCUT2D eigenvalue weighted by Gasteiger charge is 2.43. The van der Waals surface area contributed by atoms with Crippen molar-refractivity contribution < 1.29 is 14.4 Å². The van der Waals surface area contributed by atoms with Gasteiger partial charge in [-0.1, -0.05) is 0 Å². The number of piperazine rings is 1. The zero-order valence-electron chi connectivity index (χ0n) is 10.4. The third kappa shape index (κ3) is 2.51. The van der Waals surface area contributed by atoms with Gasteiger partial charge in [-0.15, -0.1) is 0 Å². The van der Waals surface area contributed by atoms with Gasteiger partial charge >= 0.3 is 0 Å². The Hall–Kier alpha value is -1.76. The quantitative estimate of drug-likeness (QED) is 0.609. The van der Waals surface area contributed by atoms with Crippen molar-refractivity contribution in [3.63, 3.8) is 0 Å². The molecule has 3 amide bonds. The summed E-state index contributed by atoms with van der Waals surface area (Å²) in [5.74, 6) is -1.36. The highest BCUT2D eigenvalue weighted by atomic mass is 79.9. The average molecular weight is 326 g/mol. The van der Waals surface area contributed by atoms with Crippen LogP contribution in [-0.2, 0) is 9.59 Å². The van der Waals surface area contributed by atoms with E-state index in [1.54, 1.807) is 26.0 Å². The summed E-state index contributed by atoms with van der Waals surface area (Å²) in [7, 11) is 0. The highest BCUT2D eigenvalue weighted by molar-refractivity contribution is 9.10. The maximum Gasteiger partial charge on any atom is 0.256 e. The molecule has 100 valence electrons. The summed E-state index contributed by atoms with van der Waals surface area (Å²) < 4.78 is 0.607. The number of imide groups is 1. The maximum absolute atomic E-state index is 12.4. The van der Waals surface area contributed by atoms with Crippen molar-refractivity contribution in [1.82, 2.24) is 15.2 Å². The third-order valence-electron chi connectivity index (χ3n) is 3.00. The first-order chi connectivity index (χ1) is 8.82. The summed E-state index contributed by atoms with van der Waals surface area (Å²) in [4.78, 5) is 40.8. The van der Waals surface area contributed by atoms with E-state index in [9.17, 15) is 14.4 Å². The Morgan fingerprint density at radius 3 is 2.68 bits per heavy atom. The average Bonchev–Trinajstić information content (AvgIpc) is 2.34. The van der Waals surface area contributed by atoms with Crippen LogP contribution >= 0.6 is 15.9 Å². The van der Waals surface area contributed by atoms with Crippen LogP contribution in [0.3, 0.4) is 0 Å². The Morgan fingerprint density at radius 2 is 2.11 bits per heavy atom. The predicted octanol–water partition coefficient (Wildman–Crippen LogP) is 0.721. The molecule has 7 heteroatoms. The fourth-order valence-corrected chi connectivity index (χ4v) is 2.00. The Bertz CT molecular complexity index is 554. The normalized spacial score (nSPS) is 18.2. The van der Waals surface area contributed by atoms with Crippen molar-refractivity contribution in [2.24, 2.45) is 0 Å². The summed E-state index contributed by atoms with van der Waals surface area (Å²) in [5.41, 5.74) is -0.739. The summed E-state index contributed by atoms with van der Waals surface area (Å²) in [5, 5.41) is 2.22. The number of nitrogens with zero attached hydrogens (tertiary/aromatic N) is 2. The molecule has 1 fully saturated rings. The number of rotatable bonds is 1. The number of hydrogen-bond acceptors (Lipinski definition) is 4. The number of pyridine rings is 1. The van der Waals surface area contributed by atoms with Crippen LogP contribution in [0.4, 0.5) is 0 Å². The van der Waals surface area contributed by atoms with E-state index in [-0.39, 0.29) is 6.54 Å². The fourth-order valence-electron chi connectivity index (χ4n) is 1.77. The van der Waals surface area contributed by atoms with Crippen molar-refractivity contribution in [2.75, 3.05) is 6.54 Å². The van der Waals surface area contributed by atoms with Crippen LogP contribution < -0.4 is 5.32 Å². The minimum Gasteiger partial charge on any atom is -0.315 e. The zero-order valence-corrected chi connectivity index (χ0v) is 12.0. The predicted molar refractivity (Wildman–Crippen MR) is 70.2 cm³/mol. The molecule has 0 radical (unpaired) electrons. The van der Waals surface area contributed by atoms with Gasteiger partial charge in [-0.2, -0.15) is 0 Å². The van der Waals surface area contributed by atoms with Crippen molar-refractivity contribution in [3.8, 4) is 0 Å². The molecule has 0 aromatic carbocycles. The number of halogens is 1. The Kier molecular flexibility index (Phi) is 3.40. The number of aromatic nitrogens is 1. The molecule has 2 rings (SSSR count). The van der Waals surface area contributed by atoms with Crippen LogP contribution in [0.2, 0.25) is 0 Å². The van der Waals surface area contributed by atoms with Crippen LogP contribution in [0.15, 0.2) is 22.9 Å². The molecule has 0 unspecified atom stereocenters. The number of carbonyl (C=O) groups excluding carboxylic acids is 3. The van der Waals surface area contributed by atoms with Gasteiger partial charge in [0.05, 0.1) is 5.56 Å². The zero-order chi connectivity index (χ0) is 14.2. The molecule has 0 aliphatic carbocycles. The van der Waals surface area contributed by atoms with Crippen molar-refractivity contribution in [1.29, 1.82) is 0 Å². The molecule has 0 saturated carbocycles. The second kappa shape index (κ2) is 4.73. The van der Waals surface area contributed by atoms with Gasteiger partial charge in [0.2, 0.25) is 5.91 Å². The molecular weight excluding hydrogens is 314 g/mol. The molecule has 0 bridgehead atoms. The first-order valence-electron chi connectivity index (χ1n) is 5.60. The number of hydrogen-bond donors (Lipinski definition) is 1. The second-order valence-corrected chi connectivity index (χ2v) is 5.51. The first-order valence-corrected chi connectivity index (χ1v) is 6.39. The smallest absolute Gasteiger partial charge is 0.256 e. The van der Waals surface area contributed by atoms with Gasteiger partial charge in [0.1, 0.15) is 16.7 Å². The molecule has 19 heavy (non-hydrogen) atoms. The van der Waals surface area contributed by atoms with E-state index in [0.717, 1.165) is 0 Å². The maximum atomic E-state index is 12.4. The minimum absolute atomic E-state index is 0.145. The van der Waals surface area contributed by atoms with Gasteiger partial charge in [0, 0.05) is 6.20 Å². The van der Waals surface area contributed by atoms with E-state index >= 15 is 0 Å². The van der Waals surface area contributed by atoms with Crippen LogP contribution in [0.5, 0.6) is 0 Å². The lowest BCUT2D eigenvalue weighted by Crippen LogP contribution is -2.65. The van der Waals surface area contributed by atoms with Crippen molar-refractivity contribution in [3.05, 3.63) is 28.5 Å². The number of amides is 3. The minimum atomic E-state index is -1.07.